The number of likely N-dealkylation sites (N-methyl/N-ethyl adjacent to an activating group) is 1. The van der Waals surface area contributed by atoms with Gasteiger partial charge in [0.05, 0.1) is 6.10 Å². The first-order valence-corrected chi connectivity index (χ1v) is 8.01. The lowest BCUT2D eigenvalue weighted by Gasteiger charge is -2.22. The summed E-state index contributed by atoms with van der Waals surface area (Å²) >= 11 is 0. The van der Waals surface area contributed by atoms with Gasteiger partial charge in [0.2, 0.25) is 0 Å². The molecular weight excluding hydrogens is 362 g/mol. The van der Waals surface area contributed by atoms with E-state index in [0.29, 0.717) is 6.04 Å². The van der Waals surface area contributed by atoms with Crippen molar-refractivity contribution < 1.29 is 45.0 Å². The van der Waals surface area contributed by atoms with Crippen LogP contribution >= 0.6 is 0 Å². The molecule has 7 N–H and O–H groups in total. The molecule has 1 rings (SSSR count). The van der Waals surface area contributed by atoms with Gasteiger partial charge in [-0.15, -0.1) is 0 Å². The molecule has 1 aromatic rings. The predicted molar refractivity (Wildman–Crippen MR) is 94.0 cm³/mol. The number of rotatable bonds is 9. The molecule has 154 valence electrons. The molecule has 27 heavy (non-hydrogen) atoms. The minimum atomic E-state index is -2.36. The monoisotopic (exact) mass is 389 g/mol. The van der Waals surface area contributed by atoms with E-state index in [-0.39, 0.29) is 6.10 Å². The van der Waals surface area contributed by atoms with Gasteiger partial charge in [0, 0.05) is 13.2 Å². The second-order valence-corrected chi connectivity index (χ2v) is 5.69. The molecule has 6 atom stereocenters. The molecule has 0 radical (unpaired) electrons. The second kappa shape index (κ2) is 12.3. The van der Waals surface area contributed by atoms with Crippen molar-refractivity contribution in [2.75, 3.05) is 14.2 Å². The van der Waals surface area contributed by atoms with Crippen LogP contribution in [0.3, 0.4) is 0 Å². The molecule has 0 amide bonds. The van der Waals surface area contributed by atoms with Crippen LogP contribution in [0.25, 0.3) is 0 Å². The largest absolute Gasteiger partial charge is 0.479 e. The SMILES string of the molecule is CNC(C)C(OC)c1ccccc1.O=C(O)[C@@H](O)[C@@H](O)[C@H](O)[C@@H](O)C(=O)O. The van der Waals surface area contributed by atoms with Crippen LogP contribution < -0.4 is 5.32 Å². The first-order valence-electron chi connectivity index (χ1n) is 8.01. The van der Waals surface area contributed by atoms with Crippen molar-refractivity contribution in [2.24, 2.45) is 0 Å². The minimum absolute atomic E-state index is 0.131. The molecule has 0 aliphatic rings. The van der Waals surface area contributed by atoms with Gasteiger partial charge < -0.3 is 40.7 Å². The minimum Gasteiger partial charge on any atom is -0.479 e. The first kappa shape index (κ1) is 24.9. The Labute approximate surface area is 156 Å². The molecule has 10 nitrogen and oxygen atoms in total. The van der Waals surface area contributed by atoms with Crippen molar-refractivity contribution in [3.8, 4) is 0 Å². The second-order valence-electron chi connectivity index (χ2n) is 5.69. The van der Waals surface area contributed by atoms with Crippen molar-refractivity contribution >= 4 is 11.9 Å². The van der Waals surface area contributed by atoms with Crippen LogP contribution in [0.1, 0.15) is 18.6 Å². The van der Waals surface area contributed by atoms with E-state index in [1.54, 1.807) is 7.11 Å². The zero-order valence-electron chi connectivity index (χ0n) is 15.3. The van der Waals surface area contributed by atoms with E-state index in [9.17, 15) is 9.59 Å². The zero-order valence-corrected chi connectivity index (χ0v) is 15.3. The fourth-order valence-electron chi connectivity index (χ4n) is 2.09. The number of ether oxygens (including phenoxy) is 1. The standard InChI is InChI=1S/C11H17NO.C6H10O8/c1-9(12-2)11(13-3)10-7-5-4-6-8-10;7-1(3(9)5(11)12)2(8)4(10)6(13)14/h4-9,11-12H,1-3H3;1-4,7-10H,(H,11,12)(H,13,14)/t;1-,2-,3-,4+/m.0/s1. The first-order chi connectivity index (χ1) is 12.6. The fourth-order valence-corrected chi connectivity index (χ4v) is 2.09. The summed E-state index contributed by atoms with van der Waals surface area (Å²) in [5.41, 5.74) is 1.21. The van der Waals surface area contributed by atoms with Gasteiger partial charge in [0.1, 0.15) is 12.2 Å². The number of hydrogen-bond acceptors (Lipinski definition) is 8. The Kier molecular flexibility index (Phi) is 11.4. The quantitative estimate of drug-likeness (QED) is 0.265. The molecule has 0 aliphatic heterocycles. The molecule has 10 heteroatoms. The van der Waals surface area contributed by atoms with E-state index in [1.807, 2.05) is 25.2 Å². The number of carbonyl (C=O) groups is 2. The maximum atomic E-state index is 10.1. The lowest BCUT2D eigenvalue weighted by molar-refractivity contribution is -0.172. The van der Waals surface area contributed by atoms with Crippen LogP contribution in [0.5, 0.6) is 0 Å². The molecule has 0 fully saturated rings. The van der Waals surface area contributed by atoms with Crippen molar-refractivity contribution in [1.29, 1.82) is 0 Å². The van der Waals surface area contributed by atoms with Crippen LogP contribution in [0.2, 0.25) is 0 Å². The van der Waals surface area contributed by atoms with Gasteiger partial charge >= 0.3 is 11.9 Å². The van der Waals surface area contributed by atoms with E-state index >= 15 is 0 Å². The van der Waals surface area contributed by atoms with Gasteiger partial charge in [-0.25, -0.2) is 9.59 Å². The summed E-state index contributed by atoms with van der Waals surface area (Å²) in [5.74, 6) is -3.68. The molecule has 0 heterocycles. The number of nitrogens with one attached hydrogen (secondary N) is 1. The van der Waals surface area contributed by atoms with Crippen LogP contribution in [0.15, 0.2) is 30.3 Å². The van der Waals surface area contributed by atoms with E-state index in [4.69, 9.17) is 35.4 Å². The molecule has 0 aliphatic carbocycles. The maximum Gasteiger partial charge on any atom is 0.335 e. The Morgan fingerprint density at radius 1 is 0.926 bits per heavy atom. The number of benzene rings is 1. The lowest BCUT2D eigenvalue weighted by atomic mass is 10.0. The van der Waals surface area contributed by atoms with Crippen molar-refractivity contribution in [3.63, 3.8) is 0 Å². The number of carboxylic acids is 2. The average Bonchev–Trinajstić information content (AvgIpc) is 2.67. The highest BCUT2D eigenvalue weighted by Gasteiger charge is 2.37. The molecular formula is C17H27NO9. The van der Waals surface area contributed by atoms with E-state index < -0.39 is 36.4 Å². The van der Waals surface area contributed by atoms with E-state index in [1.165, 1.54) is 5.56 Å². The van der Waals surface area contributed by atoms with Gasteiger partial charge in [-0.1, -0.05) is 30.3 Å². The lowest BCUT2D eigenvalue weighted by Crippen LogP contribution is -2.49. The van der Waals surface area contributed by atoms with Crippen LogP contribution in [0, 0.1) is 0 Å². The summed E-state index contributed by atoms with van der Waals surface area (Å²) < 4.78 is 5.43. The molecule has 0 bridgehead atoms. The summed E-state index contributed by atoms with van der Waals surface area (Å²) in [5, 5.41) is 54.6. The number of aliphatic hydroxyl groups excluding tert-OH is 4. The highest BCUT2D eigenvalue weighted by atomic mass is 16.5. The van der Waals surface area contributed by atoms with Crippen molar-refractivity contribution in [3.05, 3.63) is 35.9 Å². The summed E-state index contributed by atoms with van der Waals surface area (Å²) in [4.78, 5) is 20.2. The Hall–Kier alpha value is -2.08. The number of aliphatic hydroxyl groups is 4. The highest BCUT2D eigenvalue weighted by Crippen LogP contribution is 2.19. The molecule has 0 saturated heterocycles. The topological polar surface area (TPSA) is 177 Å². The van der Waals surface area contributed by atoms with Crippen LogP contribution in [-0.4, -0.2) is 87.2 Å². The van der Waals surface area contributed by atoms with E-state index in [2.05, 4.69) is 24.4 Å². The van der Waals surface area contributed by atoms with Crippen LogP contribution in [0.4, 0.5) is 0 Å². The molecule has 0 saturated carbocycles. The summed E-state index contributed by atoms with van der Waals surface area (Å²) in [6, 6.07) is 10.6. The normalized spacial score (nSPS) is 17.4. The number of carboxylic acid groups (broad SMARTS) is 2. The summed E-state index contributed by atoms with van der Waals surface area (Å²) in [7, 11) is 3.69. The third-order valence-electron chi connectivity index (χ3n) is 3.79. The third kappa shape index (κ3) is 7.99. The average molecular weight is 389 g/mol. The van der Waals surface area contributed by atoms with Crippen LogP contribution in [-0.2, 0) is 14.3 Å². The number of hydrogen-bond donors (Lipinski definition) is 7. The maximum absolute atomic E-state index is 10.1. The Morgan fingerprint density at radius 2 is 1.33 bits per heavy atom. The smallest absolute Gasteiger partial charge is 0.335 e. The Bertz CT molecular complexity index is 545. The predicted octanol–water partition coefficient (Wildman–Crippen LogP) is -1.42. The zero-order chi connectivity index (χ0) is 21.1. The third-order valence-corrected chi connectivity index (χ3v) is 3.79. The molecule has 2 unspecified atom stereocenters. The van der Waals surface area contributed by atoms with E-state index in [0.717, 1.165) is 0 Å². The number of aliphatic carboxylic acids is 2. The van der Waals surface area contributed by atoms with Crippen molar-refractivity contribution in [1.82, 2.24) is 5.32 Å². The molecule has 1 aromatic carbocycles. The molecule has 0 aromatic heterocycles. The Morgan fingerprint density at radius 3 is 1.63 bits per heavy atom. The summed E-state index contributed by atoms with van der Waals surface area (Å²) in [6.45, 7) is 2.11. The number of methoxy groups -OCH3 is 1. The summed E-state index contributed by atoms with van der Waals surface area (Å²) in [6.07, 6.45) is -9.15. The van der Waals surface area contributed by atoms with Crippen molar-refractivity contribution in [2.45, 2.75) is 43.5 Å². The Balaban J connectivity index is 0.000000501. The van der Waals surface area contributed by atoms with Gasteiger partial charge in [0.15, 0.2) is 12.2 Å². The fraction of sp³-hybridized carbons (Fsp3) is 0.529. The van der Waals surface area contributed by atoms with Gasteiger partial charge in [-0.2, -0.15) is 0 Å². The highest BCUT2D eigenvalue weighted by molar-refractivity contribution is 5.75. The molecule has 0 spiro atoms. The van der Waals surface area contributed by atoms with Gasteiger partial charge in [-0.05, 0) is 19.5 Å². The van der Waals surface area contributed by atoms with Gasteiger partial charge in [-0.3, -0.25) is 0 Å². The van der Waals surface area contributed by atoms with Gasteiger partial charge in [0.25, 0.3) is 0 Å².